The SMILES string of the molecule is C1=CC2C=CC=C(/C=C/c3ccc(N(c4ccccc4)c4ccccc4)cc3)C(C=C1)C2. The second-order valence-corrected chi connectivity index (χ2v) is 8.26. The van der Waals surface area contributed by atoms with Crippen molar-refractivity contribution < 1.29 is 0 Å². The van der Waals surface area contributed by atoms with Gasteiger partial charge in [0.15, 0.2) is 0 Å². The van der Waals surface area contributed by atoms with Gasteiger partial charge in [-0.15, -0.1) is 0 Å². The highest BCUT2D eigenvalue weighted by atomic mass is 15.1. The van der Waals surface area contributed by atoms with Gasteiger partial charge in [0, 0.05) is 23.0 Å². The number of fused-ring (bicyclic) bond motifs is 2. The number of allylic oxidation sites excluding steroid dienone is 9. The fourth-order valence-electron chi connectivity index (χ4n) is 4.39. The van der Waals surface area contributed by atoms with Gasteiger partial charge in [-0.3, -0.25) is 0 Å². The van der Waals surface area contributed by atoms with Gasteiger partial charge >= 0.3 is 0 Å². The summed E-state index contributed by atoms with van der Waals surface area (Å²) in [5, 5.41) is 0. The summed E-state index contributed by atoms with van der Waals surface area (Å²) in [5.41, 5.74) is 6.03. The van der Waals surface area contributed by atoms with E-state index in [1.165, 1.54) is 11.1 Å². The van der Waals surface area contributed by atoms with Crippen LogP contribution in [0, 0.1) is 11.8 Å². The normalized spacial score (nSPS) is 19.4. The Morgan fingerprint density at radius 3 is 1.88 bits per heavy atom. The molecule has 1 heteroatoms. The van der Waals surface area contributed by atoms with Crippen LogP contribution in [0.2, 0.25) is 0 Å². The Morgan fingerprint density at radius 1 is 0.594 bits per heavy atom. The van der Waals surface area contributed by atoms with Crippen LogP contribution in [0.25, 0.3) is 6.08 Å². The summed E-state index contributed by atoms with van der Waals surface area (Å²) in [5.74, 6) is 0.991. The molecular weight excluding hydrogens is 386 g/mol. The first-order valence-electron chi connectivity index (χ1n) is 11.3. The lowest BCUT2D eigenvalue weighted by Gasteiger charge is -2.25. The van der Waals surface area contributed by atoms with E-state index in [0.29, 0.717) is 11.8 Å². The minimum atomic E-state index is 0.465. The number of rotatable bonds is 5. The first-order chi connectivity index (χ1) is 15.9. The molecule has 2 bridgehead atoms. The van der Waals surface area contributed by atoms with E-state index in [4.69, 9.17) is 0 Å². The zero-order valence-corrected chi connectivity index (χ0v) is 18.1. The zero-order chi connectivity index (χ0) is 21.6. The van der Waals surface area contributed by atoms with Gasteiger partial charge < -0.3 is 4.90 Å². The molecule has 0 aliphatic heterocycles. The van der Waals surface area contributed by atoms with Crippen molar-refractivity contribution >= 4 is 23.1 Å². The molecule has 0 saturated heterocycles. The predicted octanol–water partition coefficient (Wildman–Crippen LogP) is 8.41. The molecule has 0 heterocycles. The molecule has 0 spiro atoms. The smallest absolute Gasteiger partial charge is 0.0462 e. The van der Waals surface area contributed by atoms with Gasteiger partial charge in [0.25, 0.3) is 0 Å². The van der Waals surface area contributed by atoms with Crippen molar-refractivity contribution in [2.75, 3.05) is 4.90 Å². The van der Waals surface area contributed by atoms with Crippen molar-refractivity contribution in [3.8, 4) is 0 Å². The van der Waals surface area contributed by atoms with Crippen molar-refractivity contribution in [3.63, 3.8) is 0 Å². The largest absolute Gasteiger partial charge is 0.311 e. The molecule has 3 aromatic carbocycles. The summed E-state index contributed by atoms with van der Waals surface area (Å²) >= 11 is 0. The van der Waals surface area contributed by atoms with Crippen LogP contribution in [0.4, 0.5) is 17.1 Å². The van der Waals surface area contributed by atoms with E-state index in [-0.39, 0.29) is 0 Å². The van der Waals surface area contributed by atoms with Crippen LogP contribution in [0.15, 0.2) is 139 Å². The van der Waals surface area contributed by atoms with Crippen LogP contribution in [-0.2, 0) is 0 Å². The van der Waals surface area contributed by atoms with Gasteiger partial charge in [-0.25, -0.2) is 0 Å². The van der Waals surface area contributed by atoms with Crippen LogP contribution in [0.5, 0.6) is 0 Å². The number of anilines is 3. The average molecular weight is 414 g/mol. The Bertz CT molecular complexity index is 1140. The number of hydrogen-bond donors (Lipinski definition) is 0. The summed E-state index contributed by atoms with van der Waals surface area (Å²) < 4.78 is 0. The van der Waals surface area contributed by atoms with Crippen molar-refractivity contribution in [2.24, 2.45) is 11.8 Å². The maximum absolute atomic E-state index is 2.32. The Kier molecular flexibility index (Phi) is 5.98. The zero-order valence-electron chi connectivity index (χ0n) is 18.1. The second kappa shape index (κ2) is 9.53. The third-order valence-electron chi connectivity index (χ3n) is 6.06. The minimum Gasteiger partial charge on any atom is -0.311 e. The monoisotopic (exact) mass is 413 g/mol. The molecule has 5 rings (SSSR count). The Hall–Kier alpha value is -3.84. The van der Waals surface area contributed by atoms with Gasteiger partial charge in [0.05, 0.1) is 0 Å². The molecule has 32 heavy (non-hydrogen) atoms. The summed E-state index contributed by atoms with van der Waals surface area (Å²) in [6, 6.07) is 29.8. The highest BCUT2D eigenvalue weighted by molar-refractivity contribution is 5.77. The van der Waals surface area contributed by atoms with E-state index in [0.717, 1.165) is 23.5 Å². The van der Waals surface area contributed by atoms with Gasteiger partial charge in [0.2, 0.25) is 0 Å². The molecule has 0 saturated carbocycles. The lowest BCUT2D eigenvalue weighted by atomic mass is 9.90. The third kappa shape index (κ3) is 4.58. The van der Waals surface area contributed by atoms with Gasteiger partial charge in [0.1, 0.15) is 0 Å². The van der Waals surface area contributed by atoms with Crippen molar-refractivity contribution in [3.05, 3.63) is 145 Å². The van der Waals surface area contributed by atoms with Crippen LogP contribution in [0.3, 0.4) is 0 Å². The molecule has 2 aliphatic rings. The van der Waals surface area contributed by atoms with E-state index in [1.807, 2.05) is 0 Å². The molecule has 2 atom stereocenters. The van der Waals surface area contributed by atoms with Crippen molar-refractivity contribution in [1.29, 1.82) is 0 Å². The molecule has 156 valence electrons. The summed E-state index contributed by atoms with van der Waals surface area (Å²) in [4.78, 5) is 2.29. The van der Waals surface area contributed by atoms with E-state index in [2.05, 4.69) is 145 Å². The van der Waals surface area contributed by atoms with Crippen LogP contribution < -0.4 is 4.90 Å². The van der Waals surface area contributed by atoms with E-state index in [9.17, 15) is 0 Å². The molecule has 2 unspecified atom stereocenters. The van der Waals surface area contributed by atoms with Crippen molar-refractivity contribution in [1.82, 2.24) is 0 Å². The number of benzene rings is 3. The molecule has 0 aromatic heterocycles. The molecule has 3 aromatic rings. The van der Waals surface area contributed by atoms with Gasteiger partial charge in [-0.1, -0.05) is 103 Å². The van der Waals surface area contributed by atoms with E-state index in [1.54, 1.807) is 0 Å². The van der Waals surface area contributed by atoms with E-state index >= 15 is 0 Å². The number of hydrogen-bond acceptors (Lipinski definition) is 1. The molecular formula is C31H27N. The Morgan fingerprint density at radius 2 is 1.19 bits per heavy atom. The number of para-hydroxylation sites is 2. The molecule has 1 nitrogen and oxygen atoms in total. The summed E-state index contributed by atoms with van der Waals surface area (Å²) in [6.07, 6.45) is 21.4. The molecule has 0 fully saturated rings. The summed E-state index contributed by atoms with van der Waals surface area (Å²) in [6.45, 7) is 0. The maximum Gasteiger partial charge on any atom is 0.0462 e. The summed E-state index contributed by atoms with van der Waals surface area (Å²) in [7, 11) is 0. The highest BCUT2D eigenvalue weighted by Gasteiger charge is 2.16. The Balaban J connectivity index is 1.39. The van der Waals surface area contributed by atoms with Gasteiger partial charge in [-0.2, -0.15) is 0 Å². The molecule has 0 amide bonds. The highest BCUT2D eigenvalue weighted by Crippen LogP contribution is 2.34. The van der Waals surface area contributed by atoms with E-state index < -0.39 is 0 Å². The first kappa shape index (κ1) is 20.1. The maximum atomic E-state index is 2.32. The topological polar surface area (TPSA) is 3.24 Å². The average Bonchev–Trinajstić information content (AvgIpc) is 3.21. The lowest BCUT2D eigenvalue weighted by Crippen LogP contribution is -2.09. The second-order valence-electron chi connectivity index (χ2n) is 8.26. The third-order valence-corrected chi connectivity index (χ3v) is 6.06. The quantitative estimate of drug-likeness (QED) is 0.406. The van der Waals surface area contributed by atoms with Crippen LogP contribution >= 0.6 is 0 Å². The predicted molar refractivity (Wildman–Crippen MR) is 137 cm³/mol. The standard InChI is InChI=1S/C31H27N/c1-3-14-29(15-4-1)32(30-16-5-2-6-17-30)31-22-19-25(20-23-31)18-21-27-13-9-11-26-10-7-8-12-28(27)24-26/h1-23,26,28H,24H2/b21-18+. The molecule has 2 aliphatic carbocycles. The van der Waals surface area contributed by atoms with Crippen molar-refractivity contribution in [2.45, 2.75) is 6.42 Å². The fourth-order valence-corrected chi connectivity index (χ4v) is 4.39. The van der Waals surface area contributed by atoms with Gasteiger partial charge in [-0.05, 0) is 59.9 Å². The molecule has 0 N–H and O–H groups in total. The minimum absolute atomic E-state index is 0.465. The fraction of sp³-hybridized carbons (Fsp3) is 0.0968. The Labute approximate surface area is 191 Å². The number of nitrogens with zero attached hydrogens (tertiary/aromatic N) is 1. The lowest BCUT2D eigenvalue weighted by molar-refractivity contribution is 0.620. The van der Waals surface area contributed by atoms with Crippen LogP contribution in [0.1, 0.15) is 12.0 Å². The van der Waals surface area contributed by atoms with Crippen LogP contribution in [-0.4, -0.2) is 0 Å². The molecule has 0 radical (unpaired) electrons. The first-order valence-corrected chi connectivity index (χ1v) is 11.3.